The number of rotatable bonds is 8. The zero-order valence-corrected chi connectivity index (χ0v) is 14.3. The highest BCUT2D eigenvalue weighted by molar-refractivity contribution is 6.32. The van der Waals surface area contributed by atoms with Crippen LogP contribution in [0.4, 0.5) is 5.69 Å². The first-order chi connectivity index (χ1) is 11.6. The Kier molecular flexibility index (Phi) is 6.82. The molecule has 0 aliphatic heterocycles. The van der Waals surface area contributed by atoms with Gasteiger partial charge in [-0.2, -0.15) is 0 Å². The van der Waals surface area contributed by atoms with Crippen LogP contribution in [0.1, 0.15) is 35.7 Å². The van der Waals surface area contributed by atoms with Gasteiger partial charge in [0.15, 0.2) is 6.61 Å². The molecule has 0 radical (unpaired) electrons. The van der Waals surface area contributed by atoms with Gasteiger partial charge in [-0.1, -0.05) is 37.1 Å². The van der Waals surface area contributed by atoms with Crippen LogP contribution in [0.3, 0.4) is 0 Å². The lowest BCUT2D eigenvalue weighted by atomic mass is 10.1. The number of aryl methyl sites for hydroxylation is 1. The number of aldehydes is 1. The Morgan fingerprint density at radius 3 is 2.58 bits per heavy atom. The predicted octanol–water partition coefficient (Wildman–Crippen LogP) is 4.51. The fourth-order valence-corrected chi connectivity index (χ4v) is 2.43. The summed E-state index contributed by atoms with van der Waals surface area (Å²) in [7, 11) is 0. The van der Waals surface area contributed by atoms with Gasteiger partial charge in [-0.05, 0) is 48.7 Å². The first kappa shape index (κ1) is 18.0. The third-order valence-corrected chi connectivity index (χ3v) is 3.80. The number of anilines is 1. The number of halogens is 1. The normalized spacial score (nSPS) is 10.2. The molecule has 24 heavy (non-hydrogen) atoms. The lowest BCUT2D eigenvalue weighted by molar-refractivity contribution is -0.118. The topological polar surface area (TPSA) is 55.4 Å². The lowest BCUT2D eigenvalue weighted by Gasteiger charge is -2.09. The van der Waals surface area contributed by atoms with Crippen LogP contribution in [-0.2, 0) is 11.2 Å². The minimum Gasteiger partial charge on any atom is -0.482 e. The van der Waals surface area contributed by atoms with Crippen LogP contribution in [0.25, 0.3) is 0 Å². The molecule has 2 aromatic rings. The first-order valence-corrected chi connectivity index (χ1v) is 8.26. The van der Waals surface area contributed by atoms with E-state index in [2.05, 4.69) is 12.2 Å². The SMILES string of the molecule is CCCCc1ccc(NC(=O)COc2ccc(C=O)cc2Cl)cc1. The average molecular weight is 346 g/mol. The molecular formula is C19H20ClNO3. The maximum absolute atomic E-state index is 11.9. The van der Waals surface area contributed by atoms with Gasteiger partial charge < -0.3 is 10.1 Å². The van der Waals surface area contributed by atoms with E-state index in [9.17, 15) is 9.59 Å². The Labute approximate surface area is 146 Å². The van der Waals surface area contributed by atoms with E-state index in [-0.39, 0.29) is 12.5 Å². The van der Waals surface area contributed by atoms with Gasteiger partial charge >= 0.3 is 0 Å². The summed E-state index contributed by atoms with van der Waals surface area (Å²) in [4.78, 5) is 22.6. The van der Waals surface area contributed by atoms with Crippen LogP contribution in [0.15, 0.2) is 42.5 Å². The van der Waals surface area contributed by atoms with E-state index in [1.807, 2.05) is 24.3 Å². The first-order valence-electron chi connectivity index (χ1n) is 7.88. The molecule has 1 N–H and O–H groups in total. The number of nitrogens with one attached hydrogen (secondary N) is 1. The maximum atomic E-state index is 11.9. The van der Waals surface area contributed by atoms with Crippen LogP contribution in [0.5, 0.6) is 5.75 Å². The molecule has 2 rings (SSSR count). The van der Waals surface area contributed by atoms with E-state index in [4.69, 9.17) is 16.3 Å². The summed E-state index contributed by atoms with van der Waals surface area (Å²) in [5.41, 5.74) is 2.44. The van der Waals surface area contributed by atoms with E-state index in [0.29, 0.717) is 22.6 Å². The van der Waals surface area contributed by atoms with Crippen LogP contribution < -0.4 is 10.1 Å². The molecule has 0 saturated heterocycles. The molecule has 0 aliphatic rings. The minimum atomic E-state index is -0.271. The number of carbonyl (C=O) groups is 2. The average Bonchev–Trinajstić information content (AvgIpc) is 2.60. The Morgan fingerprint density at radius 2 is 1.96 bits per heavy atom. The summed E-state index contributed by atoms with van der Waals surface area (Å²) < 4.78 is 5.39. The van der Waals surface area contributed by atoms with E-state index >= 15 is 0 Å². The number of ether oxygens (including phenoxy) is 1. The Bertz CT molecular complexity index is 698. The van der Waals surface area contributed by atoms with E-state index in [0.717, 1.165) is 24.9 Å². The standard InChI is InChI=1S/C19H20ClNO3/c1-2-3-4-14-5-8-16(9-6-14)21-19(23)13-24-18-10-7-15(12-22)11-17(18)20/h5-12H,2-4,13H2,1H3,(H,21,23). The monoisotopic (exact) mass is 345 g/mol. The number of hydrogen-bond acceptors (Lipinski definition) is 3. The fourth-order valence-electron chi connectivity index (χ4n) is 2.18. The minimum absolute atomic E-state index is 0.155. The highest BCUT2D eigenvalue weighted by Gasteiger charge is 2.07. The number of hydrogen-bond donors (Lipinski definition) is 1. The summed E-state index contributed by atoms with van der Waals surface area (Å²) in [6.07, 6.45) is 4.06. The molecule has 126 valence electrons. The van der Waals surface area contributed by atoms with Crippen LogP contribution in [-0.4, -0.2) is 18.8 Å². The van der Waals surface area contributed by atoms with Crippen molar-refractivity contribution in [3.63, 3.8) is 0 Å². The van der Waals surface area contributed by atoms with Crippen molar-refractivity contribution < 1.29 is 14.3 Å². The molecule has 0 bridgehead atoms. The molecule has 0 atom stereocenters. The quantitative estimate of drug-likeness (QED) is 0.716. The third-order valence-electron chi connectivity index (χ3n) is 3.51. The number of amides is 1. The van der Waals surface area contributed by atoms with E-state index < -0.39 is 0 Å². The van der Waals surface area contributed by atoms with E-state index in [1.165, 1.54) is 11.6 Å². The highest BCUT2D eigenvalue weighted by Crippen LogP contribution is 2.24. The van der Waals surface area contributed by atoms with Crippen molar-refractivity contribution >= 4 is 29.5 Å². The lowest BCUT2D eigenvalue weighted by Crippen LogP contribution is -2.20. The third kappa shape index (κ3) is 5.39. The molecular weight excluding hydrogens is 326 g/mol. The zero-order chi connectivity index (χ0) is 17.4. The Morgan fingerprint density at radius 1 is 1.21 bits per heavy atom. The van der Waals surface area contributed by atoms with Gasteiger partial charge in [0, 0.05) is 11.3 Å². The zero-order valence-electron chi connectivity index (χ0n) is 13.5. The van der Waals surface area contributed by atoms with E-state index in [1.54, 1.807) is 12.1 Å². The van der Waals surface area contributed by atoms with Gasteiger partial charge in [0.05, 0.1) is 5.02 Å². The molecule has 0 fully saturated rings. The molecule has 0 unspecified atom stereocenters. The maximum Gasteiger partial charge on any atom is 0.262 e. The van der Waals surface area contributed by atoms with Crippen molar-refractivity contribution in [2.45, 2.75) is 26.2 Å². The molecule has 0 heterocycles. The van der Waals surface area contributed by atoms with Crippen molar-refractivity contribution in [1.82, 2.24) is 0 Å². The van der Waals surface area contributed by atoms with Gasteiger partial charge in [-0.25, -0.2) is 0 Å². The molecule has 1 amide bonds. The highest BCUT2D eigenvalue weighted by atomic mass is 35.5. The summed E-state index contributed by atoms with van der Waals surface area (Å²) in [5, 5.41) is 3.07. The molecule has 0 saturated carbocycles. The number of benzene rings is 2. The number of carbonyl (C=O) groups excluding carboxylic acids is 2. The van der Waals surface area contributed by atoms with Crippen molar-refractivity contribution in [2.75, 3.05) is 11.9 Å². The summed E-state index contributed by atoms with van der Waals surface area (Å²) in [6.45, 7) is 2.01. The van der Waals surface area contributed by atoms with Crippen LogP contribution in [0, 0.1) is 0 Å². The second-order valence-corrected chi connectivity index (χ2v) is 5.85. The van der Waals surface area contributed by atoms with Crippen molar-refractivity contribution in [1.29, 1.82) is 0 Å². The molecule has 0 aromatic heterocycles. The van der Waals surface area contributed by atoms with Crippen LogP contribution >= 0.6 is 11.6 Å². The number of unbranched alkanes of at least 4 members (excludes halogenated alkanes) is 1. The summed E-state index contributed by atoms with van der Waals surface area (Å²) >= 11 is 6.00. The Hall–Kier alpha value is -2.33. The molecule has 2 aromatic carbocycles. The van der Waals surface area contributed by atoms with Gasteiger partial charge in [0.25, 0.3) is 5.91 Å². The largest absolute Gasteiger partial charge is 0.482 e. The van der Waals surface area contributed by atoms with Gasteiger partial charge in [-0.3, -0.25) is 9.59 Å². The summed E-state index contributed by atoms with van der Waals surface area (Å²) in [6, 6.07) is 12.5. The second kappa shape index (κ2) is 9.08. The molecule has 5 heteroatoms. The smallest absolute Gasteiger partial charge is 0.262 e. The molecule has 0 aliphatic carbocycles. The summed E-state index contributed by atoms with van der Waals surface area (Å²) in [5.74, 6) is 0.0965. The van der Waals surface area contributed by atoms with Gasteiger partial charge in [0.1, 0.15) is 12.0 Å². The molecule has 0 spiro atoms. The van der Waals surface area contributed by atoms with Gasteiger partial charge in [0.2, 0.25) is 0 Å². The van der Waals surface area contributed by atoms with Crippen molar-refractivity contribution in [2.24, 2.45) is 0 Å². The predicted molar refractivity (Wildman–Crippen MR) is 96.0 cm³/mol. The van der Waals surface area contributed by atoms with Gasteiger partial charge in [-0.15, -0.1) is 0 Å². The van der Waals surface area contributed by atoms with Crippen LogP contribution in [0.2, 0.25) is 5.02 Å². The second-order valence-electron chi connectivity index (χ2n) is 5.45. The Balaban J connectivity index is 1.85. The van der Waals surface area contributed by atoms with Crippen molar-refractivity contribution in [3.05, 3.63) is 58.6 Å². The fraction of sp³-hybridized carbons (Fsp3) is 0.263. The molecule has 4 nitrogen and oxygen atoms in total. The van der Waals surface area contributed by atoms with Crippen molar-refractivity contribution in [3.8, 4) is 5.75 Å².